The lowest BCUT2D eigenvalue weighted by Gasteiger charge is -2.06. The molecule has 0 bridgehead atoms. The maximum atomic E-state index is 5.94. The second kappa shape index (κ2) is 8.76. The van der Waals surface area contributed by atoms with E-state index < -0.39 is 0 Å². The fraction of sp³-hybridized carbons (Fsp3) is 0.538. The highest BCUT2D eigenvalue weighted by Gasteiger charge is 1.98. The highest BCUT2D eigenvalue weighted by atomic mass is 35.5. The SMILES string of the molecule is CCCNCCCNCc1ccc(Cl)c(Cl)c1. The topological polar surface area (TPSA) is 24.1 Å². The zero-order chi connectivity index (χ0) is 12.5. The Morgan fingerprint density at radius 1 is 1.00 bits per heavy atom. The number of nitrogens with one attached hydrogen (secondary N) is 2. The van der Waals surface area contributed by atoms with Gasteiger partial charge in [-0.25, -0.2) is 0 Å². The van der Waals surface area contributed by atoms with Gasteiger partial charge in [0.1, 0.15) is 0 Å². The molecule has 0 radical (unpaired) electrons. The molecule has 2 N–H and O–H groups in total. The molecule has 96 valence electrons. The molecule has 0 saturated heterocycles. The summed E-state index contributed by atoms with van der Waals surface area (Å²) in [6.07, 6.45) is 2.33. The average molecular weight is 275 g/mol. The van der Waals surface area contributed by atoms with Gasteiger partial charge in [-0.3, -0.25) is 0 Å². The first-order valence-electron chi connectivity index (χ1n) is 6.09. The van der Waals surface area contributed by atoms with Crippen molar-refractivity contribution in [3.05, 3.63) is 33.8 Å². The predicted molar refractivity (Wildman–Crippen MR) is 75.9 cm³/mol. The van der Waals surface area contributed by atoms with E-state index in [1.54, 1.807) is 0 Å². The Hall–Kier alpha value is -0.280. The summed E-state index contributed by atoms with van der Waals surface area (Å²) < 4.78 is 0. The molecule has 0 heterocycles. The van der Waals surface area contributed by atoms with Crippen molar-refractivity contribution in [3.8, 4) is 0 Å². The molecule has 4 heteroatoms. The maximum absolute atomic E-state index is 5.94. The minimum Gasteiger partial charge on any atom is -0.317 e. The molecule has 0 atom stereocenters. The van der Waals surface area contributed by atoms with Gasteiger partial charge in [-0.05, 0) is 50.2 Å². The molecular weight excluding hydrogens is 255 g/mol. The predicted octanol–water partition coefficient (Wildman–Crippen LogP) is 3.47. The first-order chi connectivity index (χ1) is 8.24. The van der Waals surface area contributed by atoms with Crippen LogP contribution in [0.2, 0.25) is 10.0 Å². The van der Waals surface area contributed by atoms with E-state index in [0.717, 1.165) is 32.6 Å². The van der Waals surface area contributed by atoms with Gasteiger partial charge in [-0.1, -0.05) is 36.2 Å². The molecule has 0 saturated carbocycles. The number of hydrogen-bond acceptors (Lipinski definition) is 2. The van der Waals surface area contributed by atoms with Crippen molar-refractivity contribution >= 4 is 23.2 Å². The van der Waals surface area contributed by atoms with E-state index in [4.69, 9.17) is 23.2 Å². The van der Waals surface area contributed by atoms with Crippen LogP contribution in [0.5, 0.6) is 0 Å². The number of halogens is 2. The van der Waals surface area contributed by atoms with Gasteiger partial charge in [0.15, 0.2) is 0 Å². The van der Waals surface area contributed by atoms with Gasteiger partial charge in [-0.15, -0.1) is 0 Å². The molecule has 1 aromatic carbocycles. The van der Waals surface area contributed by atoms with Crippen LogP contribution >= 0.6 is 23.2 Å². The highest BCUT2D eigenvalue weighted by molar-refractivity contribution is 6.42. The van der Waals surface area contributed by atoms with Crippen molar-refractivity contribution < 1.29 is 0 Å². The van der Waals surface area contributed by atoms with Crippen molar-refractivity contribution in [2.45, 2.75) is 26.3 Å². The fourth-order valence-corrected chi connectivity index (χ4v) is 1.84. The summed E-state index contributed by atoms with van der Waals surface area (Å²) in [5.41, 5.74) is 1.17. The Morgan fingerprint density at radius 3 is 2.47 bits per heavy atom. The Balaban J connectivity index is 2.11. The molecule has 0 fully saturated rings. The summed E-state index contributed by atoms with van der Waals surface area (Å²) in [5.74, 6) is 0. The molecule has 0 aromatic heterocycles. The first kappa shape index (κ1) is 14.8. The molecular formula is C13H20Cl2N2. The van der Waals surface area contributed by atoms with Crippen LogP contribution in [0, 0.1) is 0 Å². The third-order valence-corrected chi connectivity index (χ3v) is 3.19. The summed E-state index contributed by atoms with van der Waals surface area (Å²) in [6, 6.07) is 5.74. The van der Waals surface area contributed by atoms with Crippen LogP contribution in [0.4, 0.5) is 0 Å². The van der Waals surface area contributed by atoms with Crippen molar-refractivity contribution in [1.82, 2.24) is 10.6 Å². The fourth-order valence-electron chi connectivity index (χ4n) is 1.52. The molecule has 1 rings (SSSR count). The molecule has 1 aromatic rings. The van der Waals surface area contributed by atoms with Gasteiger partial charge in [-0.2, -0.15) is 0 Å². The lowest BCUT2D eigenvalue weighted by atomic mass is 10.2. The average Bonchev–Trinajstić information content (AvgIpc) is 2.32. The Bertz CT molecular complexity index is 329. The van der Waals surface area contributed by atoms with Gasteiger partial charge in [0.2, 0.25) is 0 Å². The van der Waals surface area contributed by atoms with E-state index >= 15 is 0 Å². The molecule has 17 heavy (non-hydrogen) atoms. The molecule has 0 aliphatic heterocycles. The standard InChI is InChI=1S/C13H20Cl2N2/c1-2-6-16-7-3-8-17-10-11-4-5-12(14)13(15)9-11/h4-5,9,16-17H,2-3,6-8,10H2,1H3. The van der Waals surface area contributed by atoms with E-state index in [2.05, 4.69) is 17.6 Å². The number of benzene rings is 1. The maximum Gasteiger partial charge on any atom is 0.0595 e. The molecule has 0 spiro atoms. The summed E-state index contributed by atoms with van der Waals surface area (Å²) in [7, 11) is 0. The van der Waals surface area contributed by atoms with Crippen molar-refractivity contribution in [3.63, 3.8) is 0 Å². The minimum atomic E-state index is 0.610. The van der Waals surface area contributed by atoms with Crippen LogP contribution in [-0.2, 0) is 6.54 Å². The zero-order valence-electron chi connectivity index (χ0n) is 10.2. The zero-order valence-corrected chi connectivity index (χ0v) is 11.7. The van der Waals surface area contributed by atoms with Gasteiger partial charge >= 0.3 is 0 Å². The quantitative estimate of drug-likeness (QED) is 0.710. The summed E-state index contributed by atoms with van der Waals surface area (Å²) in [4.78, 5) is 0. The van der Waals surface area contributed by atoms with Gasteiger partial charge in [0.05, 0.1) is 10.0 Å². The minimum absolute atomic E-state index is 0.610. The van der Waals surface area contributed by atoms with Crippen molar-refractivity contribution in [2.75, 3.05) is 19.6 Å². The lowest BCUT2D eigenvalue weighted by molar-refractivity contribution is 0.592. The van der Waals surface area contributed by atoms with Crippen LogP contribution in [0.15, 0.2) is 18.2 Å². The van der Waals surface area contributed by atoms with E-state index in [-0.39, 0.29) is 0 Å². The summed E-state index contributed by atoms with van der Waals surface area (Å²) in [6.45, 7) is 6.20. The van der Waals surface area contributed by atoms with E-state index in [0.29, 0.717) is 10.0 Å². The molecule has 0 aliphatic rings. The third-order valence-electron chi connectivity index (χ3n) is 2.45. The Morgan fingerprint density at radius 2 is 1.76 bits per heavy atom. The number of hydrogen-bond donors (Lipinski definition) is 2. The Labute approximate surface area is 114 Å². The van der Waals surface area contributed by atoms with Crippen LogP contribution in [-0.4, -0.2) is 19.6 Å². The van der Waals surface area contributed by atoms with Gasteiger partial charge in [0.25, 0.3) is 0 Å². The smallest absolute Gasteiger partial charge is 0.0595 e. The normalized spacial score (nSPS) is 10.8. The van der Waals surface area contributed by atoms with Crippen LogP contribution in [0.25, 0.3) is 0 Å². The van der Waals surface area contributed by atoms with Gasteiger partial charge in [0, 0.05) is 6.54 Å². The Kier molecular flexibility index (Phi) is 7.62. The lowest BCUT2D eigenvalue weighted by Crippen LogP contribution is -2.22. The van der Waals surface area contributed by atoms with Gasteiger partial charge < -0.3 is 10.6 Å². The van der Waals surface area contributed by atoms with Crippen molar-refractivity contribution in [1.29, 1.82) is 0 Å². The van der Waals surface area contributed by atoms with E-state index in [9.17, 15) is 0 Å². The molecule has 2 nitrogen and oxygen atoms in total. The second-order valence-electron chi connectivity index (χ2n) is 4.03. The van der Waals surface area contributed by atoms with E-state index in [1.165, 1.54) is 12.0 Å². The van der Waals surface area contributed by atoms with Crippen LogP contribution in [0.1, 0.15) is 25.3 Å². The number of rotatable bonds is 8. The summed E-state index contributed by atoms with van der Waals surface area (Å²) in [5, 5.41) is 7.99. The van der Waals surface area contributed by atoms with Crippen LogP contribution in [0.3, 0.4) is 0 Å². The molecule has 0 amide bonds. The molecule has 0 unspecified atom stereocenters. The largest absolute Gasteiger partial charge is 0.317 e. The van der Waals surface area contributed by atoms with Crippen molar-refractivity contribution in [2.24, 2.45) is 0 Å². The van der Waals surface area contributed by atoms with E-state index in [1.807, 2.05) is 18.2 Å². The molecule has 0 aliphatic carbocycles. The second-order valence-corrected chi connectivity index (χ2v) is 4.84. The third kappa shape index (κ3) is 6.27. The highest BCUT2D eigenvalue weighted by Crippen LogP contribution is 2.22. The monoisotopic (exact) mass is 274 g/mol. The first-order valence-corrected chi connectivity index (χ1v) is 6.85. The van der Waals surface area contributed by atoms with Crippen LogP contribution < -0.4 is 10.6 Å². The summed E-state index contributed by atoms with van der Waals surface area (Å²) >= 11 is 11.8.